The molecule has 0 aliphatic heterocycles. The van der Waals surface area contributed by atoms with E-state index in [1.165, 1.54) is 0 Å². The summed E-state index contributed by atoms with van der Waals surface area (Å²) in [5.41, 5.74) is 0.935. The van der Waals surface area contributed by atoms with Crippen LogP contribution in [0.25, 0.3) is 0 Å². The SMILES string of the molecule is CC(C)c1ccccc1OC(=O)CCS(C)(=O)=O. The van der Waals surface area contributed by atoms with Crippen molar-refractivity contribution in [1.29, 1.82) is 0 Å². The molecule has 0 aliphatic rings. The van der Waals surface area contributed by atoms with Crippen LogP contribution < -0.4 is 4.74 Å². The molecule has 0 spiro atoms. The van der Waals surface area contributed by atoms with Crippen molar-refractivity contribution < 1.29 is 17.9 Å². The highest BCUT2D eigenvalue weighted by Gasteiger charge is 2.13. The van der Waals surface area contributed by atoms with Crippen molar-refractivity contribution in [2.45, 2.75) is 26.2 Å². The van der Waals surface area contributed by atoms with E-state index in [2.05, 4.69) is 0 Å². The monoisotopic (exact) mass is 270 g/mol. The topological polar surface area (TPSA) is 60.4 Å². The maximum absolute atomic E-state index is 11.5. The van der Waals surface area contributed by atoms with Crippen molar-refractivity contribution in [3.05, 3.63) is 29.8 Å². The normalized spacial score (nSPS) is 11.6. The summed E-state index contributed by atoms with van der Waals surface area (Å²) in [5.74, 6) is 0.0406. The van der Waals surface area contributed by atoms with Gasteiger partial charge in [0.2, 0.25) is 0 Å². The van der Waals surface area contributed by atoms with Gasteiger partial charge in [-0.2, -0.15) is 0 Å². The Hall–Kier alpha value is -1.36. The van der Waals surface area contributed by atoms with Crippen LogP contribution in [0.1, 0.15) is 31.7 Å². The summed E-state index contributed by atoms with van der Waals surface area (Å²) in [6.07, 6.45) is 0.980. The van der Waals surface area contributed by atoms with Crippen LogP contribution in [0.5, 0.6) is 5.75 Å². The highest BCUT2D eigenvalue weighted by Crippen LogP contribution is 2.26. The number of hydrogen-bond donors (Lipinski definition) is 0. The largest absolute Gasteiger partial charge is 0.426 e. The Morgan fingerprint density at radius 1 is 1.28 bits per heavy atom. The fraction of sp³-hybridized carbons (Fsp3) is 0.462. The van der Waals surface area contributed by atoms with Gasteiger partial charge in [0.25, 0.3) is 0 Å². The Labute approximate surface area is 108 Å². The van der Waals surface area contributed by atoms with Gasteiger partial charge in [-0.1, -0.05) is 32.0 Å². The van der Waals surface area contributed by atoms with Crippen LogP contribution in [0.3, 0.4) is 0 Å². The molecule has 0 N–H and O–H groups in total. The highest BCUT2D eigenvalue weighted by atomic mass is 32.2. The van der Waals surface area contributed by atoms with Gasteiger partial charge in [-0.05, 0) is 17.5 Å². The molecule has 0 bridgehead atoms. The van der Waals surface area contributed by atoms with Crippen molar-refractivity contribution in [3.8, 4) is 5.75 Å². The van der Waals surface area contributed by atoms with Gasteiger partial charge < -0.3 is 4.74 Å². The van der Waals surface area contributed by atoms with Crippen molar-refractivity contribution in [1.82, 2.24) is 0 Å². The van der Waals surface area contributed by atoms with E-state index >= 15 is 0 Å². The molecule has 0 saturated heterocycles. The molecule has 5 heteroatoms. The van der Waals surface area contributed by atoms with Crippen LogP contribution in [0.4, 0.5) is 0 Å². The average Bonchev–Trinajstić information content (AvgIpc) is 2.26. The van der Waals surface area contributed by atoms with Gasteiger partial charge in [-0.15, -0.1) is 0 Å². The summed E-state index contributed by atoms with van der Waals surface area (Å²) < 4.78 is 27.1. The first-order chi connectivity index (χ1) is 8.29. The van der Waals surface area contributed by atoms with E-state index in [0.29, 0.717) is 5.75 Å². The molecule has 0 amide bonds. The minimum Gasteiger partial charge on any atom is -0.426 e. The van der Waals surface area contributed by atoms with Gasteiger partial charge in [0.05, 0.1) is 12.2 Å². The molecule has 0 saturated carbocycles. The van der Waals surface area contributed by atoms with Gasteiger partial charge in [-0.25, -0.2) is 8.42 Å². The van der Waals surface area contributed by atoms with Crippen molar-refractivity contribution in [3.63, 3.8) is 0 Å². The summed E-state index contributed by atoms with van der Waals surface area (Å²) in [7, 11) is -3.14. The molecule has 1 rings (SSSR count). The predicted molar refractivity (Wildman–Crippen MR) is 70.5 cm³/mol. The third kappa shape index (κ3) is 4.87. The molecular weight excluding hydrogens is 252 g/mol. The van der Waals surface area contributed by atoms with E-state index in [1.807, 2.05) is 26.0 Å². The lowest BCUT2D eigenvalue weighted by Gasteiger charge is -2.12. The lowest BCUT2D eigenvalue weighted by molar-refractivity contribution is -0.134. The lowest BCUT2D eigenvalue weighted by atomic mass is 10.0. The molecule has 1 aromatic rings. The number of ether oxygens (including phenoxy) is 1. The standard InChI is InChI=1S/C13H18O4S/c1-10(2)11-6-4-5-7-12(11)17-13(14)8-9-18(3,15)16/h4-7,10H,8-9H2,1-3H3. The summed E-state index contributed by atoms with van der Waals surface area (Å²) in [6, 6.07) is 7.27. The van der Waals surface area contributed by atoms with Gasteiger partial charge >= 0.3 is 5.97 Å². The van der Waals surface area contributed by atoms with Gasteiger partial charge in [0, 0.05) is 6.26 Å². The minimum absolute atomic E-state index is 0.120. The van der Waals surface area contributed by atoms with Crippen LogP contribution in [0, 0.1) is 0 Å². The number of esters is 1. The summed E-state index contributed by atoms with van der Waals surface area (Å²) >= 11 is 0. The number of rotatable bonds is 5. The molecule has 18 heavy (non-hydrogen) atoms. The van der Waals surface area contributed by atoms with Crippen molar-refractivity contribution >= 4 is 15.8 Å². The summed E-state index contributed by atoms with van der Waals surface area (Å²) in [6.45, 7) is 4.01. The first-order valence-corrected chi connectivity index (χ1v) is 7.83. The van der Waals surface area contributed by atoms with Gasteiger partial charge in [0.15, 0.2) is 0 Å². The molecule has 0 unspecified atom stereocenters. The fourth-order valence-corrected chi connectivity index (χ4v) is 2.03. The zero-order valence-electron chi connectivity index (χ0n) is 10.8. The first kappa shape index (κ1) is 14.7. The summed E-state index contributed by atoms with van der Waals surface area (Å²) in [4.78, 5) is 11.5. The number of benzene rings is 1. The highest BCUT2D eigenvalue weighted by molar-refractivity contribution is 7.90. The van der Waals surface area contributed by atoms with E-state index in [1.54, 1.807) is 12.1 Å². The molecule has 100 valence electrons. The Balaban J connectivity index is 2.70. The zero-order chi connectivity index (χ0) is 13.8. The maximum Gasteiger partial charge on any atom is 0.312 e. The second kappa shape index (κ2) is 6.00. The third-order valence-electron chi connectivity index (χ3n) is 2.44. The molecular formula is C13H18O4S. The Kier molecular flexibility index (Phi) is 4.90. The van der Waals surface area contributed by atoms with Crippen LogP contribution in [-0.4, -0.2) is 26.4 Å². The van der Waals surface area contributed by atoms with Gasteiger partial charge in [-0.3, -0.25) is 4.79 Å². The average molecular weight is 270 g/mol. The number of para-hydroxylation sites is 1. The van der Waals surface area contributed by atoms with E-state index in [0.717, 1.165) is 11.8 Å². The third-order valence-corrected chi connectivity index (χ3v) is 3.39. The molecule has 4 nitrogen and oxygen atoms in total. The van der Waals surface area contributed by atoms with Crippen LogP contribution >= 0.6 is 0 Å². The summed E-state index contributed by atoms with van der Waals surface area (Å²) in [5, 5.41) is 0. The maximum atomic E-state index is 11.5. The Morgan fingerprint density at radius 2 is 1.89 bits per heavy atom. The first-order valence-electron chi connectivity index (χ1n) is 5.77. The van der Waals surface area contributed by atoms with Crippen LogP contribution in [-0.2, 0) is 14.6 Å². The second-order valence-electron chi connectivity index (χ2n) is 4.55. The van der Waals surface area contributed by atoms with E-state index in [-0.39, 0.29) is 18.1 Å². The minimum atomic E-state index is -3.14. The van der Waals surface area contributed by atoms with E-state index in [4.69, 9.17) is 4.74 Å². The van der Waals surface area contributed by atoms with Crippen molar-refractivity contribution in [2.75, 3.05) is 12.0 Å². The smallest absolute Gasteiger partial charge is 0.312 e. The zero-order valence-corrected chi connectivity index (χ0v) is 11.7. The Bertz CT molecular complexity index is 518. The lowest BCUT2D eigenvalue weighted by Crippen LogP contribution is -2.15. The molecule has 0 aliphatic carbocycles. The second-order valence-corrected chi connectivity index (χ2v) is 6.81. The Morgan fingerprint density at radius 3 is 2.44 bits per heavy atom. The molecule has 0 heterocycles. The van der Waals surface area contributed by atoms with Crippen LogP contribution in [0.2, 0.25) is 0 Å². The molecule has 0 radical (unpaired) electrons. The molecule has 0 atom stereocenters. The quantitative estimate of drug-likeness (QED) is 0.607. The van der Waals surface area contributed by atoms with Crippen LogP contribution in [0.15, 0.2) is 24.3 Å². The molecule has 0 aromatic heterocycles. The predicted octanol–water partition coefficient (Wildman–Crippen LogP) is 2.15. The van der Waals surface area contributed by atoms with E-state index in [9.17, 15) is 13.2 Å². The van der Waals surface area contributed by atoms with Crippen molar-refractivity contribution in [2.24, 2.45) is 0 Å². The molecule has 0 fully saturated rings. The number of carbonyl (C=O) groups is 1. The number of sulfone groups is 1. The van der Waals surface area contributed by atoms with Gasteiger partial charge in [0.1, 0.15) is 15.6 Å². The fourth-order valence-electron chi connectivity index (χ4n) is 1.49. The number of carbonyl (C=O) groups excluding carboxylic acids is 1. The molecule has 1 aromatic carbocycles. The van der Waals surface area contributed by atoms with E-state index < -0.39 is 15.8 Å². The number of hydrogen-bond acceptors (Lipinski definition) is 4.